The number of aromatic nitrogens is 2. The van der Waals surface area contributed by atoms with Crippen molar-refractivity contribution in [2.75, 3.05) is 13.7 Å². The normalized spacial score (nSPS) is 13.2. The van der Waals surface area contributed by atoms with E-state index >= 15 is 0 Å². The molecule has 0 radical (unpaired) electrons. The molecular weight excluding hydrogens is 248 g/mol. The van der Waals surface area contributed by atoms with E-state index in [1.807, 2.05) is 6.92 Å². The first-order valence-electron chi connectivity index (χ1n) is 6.15. The van der Waals surface area contributed by atoms with E-state index in [1.165, 1.54) is 11.1 Å². The number of halogens is 1. The van der Waals surface area contributed by atoms with E-state index in [0.717, 1.165) is 23.4 Å². The molecule has 0 N–H and O–H groups in total. The number of methoxy groups -OCH3 is 1. The van der Waals surface area contributed by atoms with Gasteiger partial charge in [-0.15, -0.1) is 11.6 Å². The number of benzene rings is 1. The molecule has 4 heteroatoms. The number of hydrogen-bond acceptors (Lipinski definition) is 2. The summed E-state index contributed by atoms with van der Waals surface area (Å²) in [6.07, 6.45) is 0. The standard InChI is InChI=1S/C14H19ClN2O/c1-9-7-12-13(8-10(9)2)17(5-6-18-4)14(16-12)11(3)15/h7-8,11H,5-6H2,1-4H3. The number of aryl methyl sites for hydroxylation is 2. The number of fused-ring (bicyclic) bond motifs is 1. The number of hydrogen-bond donors (Lipinski definition) is 0. The fourth-order valence-corrected chi connectivity index (χ4v) is 2.29. The third-order valence-corrected chi connectivity index (χ3v) is 3.46. The Labute approximate surface area is 113 Å². The number of ether oxygens (including phenoxy) is 1. The quantitative estimate of drug-likeness (QED) is 0.791. The van der Waals surface area contributed by atoms with Crippen LogP contribution >= 0.6 is 11.6 Å². The third kappa shape index (κ3) is 2.38. The van der Waals surface area contributed by atoms with Crippen LogP contribution in [0.15, 0.2) is 12.1 Å². The van der Waals surface area contributed by atoms with Crippen molar-refractivity contribution in [3.8, 4) is 0 Å². The number of imidazole rings is 1. The van der Waals surface area contributed by atoms with Gasteiger partial charge in [-0.1, -0.05) is 0 Å². The van der Waals surface area contributed by atoms with Gasteiger partial charge in [-0.3, -0.25) is 0 Å². The van der Waals surface area contributed by atoms with Crippen LogP contribution in [0.2, 0.25) is 0 Å². The third-order valence-electron chi connectivity index (χ3n) is 3.27. The predicted octanol–water partition coefficient (Wildman–Crippen LogP) is 3.60. The van der Waals surface area contributed by atoms with Gasteiger partial charge in [0.25, 0.3) is 0 Å². The van der Waals surface area contributed by atoms with E-state index < -0.39 is 0 Å². The van der Waals surface area contributed by atoms with Gasteiger partial charge in [0, 0.05) is 13.7 Å². The lowest BCUT2D eigenvalue weighted by atomic mass is 10.1. The van der Waals surface area contributed by atoms with Gasteiger partial charge < -0.3 is 9.30 Å². The molecule has 2 rings (SSSR count). The van der Waals surface area contributed by atoms with Crippen LogP contribution in [0.4, 0.5) is 0 Å². The van der Waals surface area contributed by atoms with Gasteiger partial charge >= 0.3 is 0 Å². The first-order valence-corrected chi connectivity index (χ1v) is 6.58. The second-order valence-corrected chi connectivity index (χ2v) is 5.31. The summed E-state index contributed by atoms with van der Waals surface area (Å²) >= 11 is 6.21. The fraction of sp³-hybridized carbons (Fsp3) is 0.500. The zero-order valence-corrected chi connectivity index (χ0v) is 12.1. The SMILES string of the molecule is COCCn1c(C(C)Cl)nc2cc(C)c(C)cc21. The molecule has 3 nitrogen and oxygen atoms in total. The van der Waals surface area contributed by atoms with Crippen LogP contribution in [0.5, 0.6) is 0 Å². The van der Waals surface area contributed by atoms with Crippen molar-refractivity contribution < 1.29 is 4.74 Å². The molecule has 1 atom stereocenters. The molecule has 1 aromatic carbocycles. The summed E-state index contributed by atoms with van der Waals surface area (Å²) in [5.74, 6) is 0.911. The van der Waals surface area contributed by atoms with Crippen LogP contribution in [-0.4, -0.2) is 23.3 Å². The van der Waals surface area contributed by atoms with Gasteiger partial charge in [0.2, 0.25) is 0 Å². The van der Waals surface area contributed by atoms with Crippen LogP contribution in [0.25, 0.3) is 11.0 Å². The van der Waals surface area contributed by atoms with Crippen molar-refractivity contribution in [2.24, 2.45) is 0 Å². The van der Waals surface area contributed by atoms with Gasteiger partial charge in [-0.25, -0.2) is 4.98 Å². The molecule has 1 aromatic heterocycles. The van der Waals surface area contributed by atoms with E-state index in [1.54, 1.807) is 7.11 Å². The van der Waals surface area contributed by atoms with E-state index in [2.05, 4.69) is 35.5 Å². The molecule has 0 aliphatic heterocycles. The Balaban J connectivity index is 2.61. The maximum atomic E-state index is 6.21. The first-order chi connectivity index (χ1) is 8.54. The molecule has 0 spiro atoms. The number of rotatable bonds is 4. The molecule has 0 fully saturated rings. The highest BCUT2D eigenvalue weighted by Crippen LogP contribution is 2.26. The summed E-state index contributed by atoms with van der Waals surface area (Å²) in [6.45, 7) is 7.61. The first kappa shape index (κ1) is 13.4. The Bertz CT molecular complexity index is 560. The molecule has 0 aliphatic rings. The molecule has 18 heavy (non-hydrogen) atoms. The van der Waals surface area contributed by atoms with Crippen molar-refractivity contribution in [3.05, 3.63) is 29.1 Å². The van der Waals surface area contributed by atoms with E-state index in [0.29, 0.717) is 6.61 Å². The van der Waals surface area contributed by atoms with E-state index in [-0.39, 0.29) is 5.38 Å². The van der Waals surface area contributed by atoms with Crippen LogP contribution < -0.4 is 0 Å². The zero-order chi connectivity index (χ0) is 13.3. The molecule has 0 saturated carbocycles. The van der Waals surface area contributed by atoms with Crippen molar-refractivity contribution in [3.63, 3.8) is 0 Å². The minimum Gasteiger partial charge on any atom is -0.383 e. The van der Waals surface area contributed by atoms with Gasteiger partial charge in [-0.2, -0.15) is 0 Å². The minimum atomic E-state index is -0.102. The number of nitrogens with zero attached hydrogens (tertiary/aromatic N) is 2. The second kappa shape index (κ2) is 5.29. The van der Waals surface area contributed by atoms with Crippen LogP contribution in [0.3, 0.4) is 0 Å². The molecular formula is C14H19ClN2O. The molecule has 0 aliphatic carbocycles. The average molecular weight is 267 g/mol. The summed E-state index contributed by atoms with van der Waals surface area (Å²) in [4.78, 5) is 4.64. The Kier molecular flexibility index (Phi) is 3.93. The zero-order valence-electron chi connectivity index (χ0n) is 11.3. The van der Waals surface area contributed by atoms with Gasteiger partial charge in [0.05, 0.1) is 23.0 Å². The number of alkyl halides is 1. The molecule has 0 saturated heterocycles. The molecule has 1 unspecified atom stereocenters. The summed E-state index contributed by atoms with van der Waals surface area (Å²) in [6, 6.07) is 4.30. The molecule has 98 valence electrons. The Morgan fingerprint density at radius 2 is 2.00 bits per heavy atom. The highest BCUT2D eigenvalue weighted by Gasteiger charge is 2.15. The van der Waals surface area contributed by atoms with E-state index in [9.17, 15) is 0 Å². The smallest absolute Gasteiger partial charge is 0.127 e. The highest BCUT2D eigenvalue weighted by molar-refractivity contribution is 6.20. The van der Waals surface area contributed by atoms with E-state index in [4.69, 9.17) is 16.3 Å². The van der Waals surface area contributed by atoms with Gasteiger partial charge in [-0.05, 0) is 44.0 Å². The van der Waals surface area contributed by atoms with Gasteiger partial charge in [0.15, 0.2) is 0 Å². The maximum Gasteiger partial charge on any atom is 0.127 e. The minimum absolute atomic E-state index is 0.102. The maximum absolute atomic E-state index is 6.21. The molecule has 0 bridgehead atoms. The molecule has 1 heterocycles. The van der Waals surface area contributed by atoms with Crippen LogP contribution in [0.1, 0.15) is 29.3 Å². The topological polar surface area (TPSA) is 27.1 Å². The summed E-state index contributed by atoms with van der Waals surface area (Å²) < 4.78 is 7.32. The fourth-order valence-electron chi connectivity index (χ4n) is 2.12. The summed E-state index contributed by atoms with van der Waals surface area (Å²) in [7, 11) is 1.71. The summed E-state index contributed by atoms with van der Waals surface area (Å²) in [5.41, 5.74) is 4.68. The van der Waals surface area contributed by atoms with Crippen LogP contribution in [0, 0.1) is 13.8 Å². The van der Waals surface area contributed by atoms with Crippen molar-refractivity contribution in [1.82, 2.24) is 9.55 Å². The highest BCUT2D eigenvalue weighted by atomic mass is 35.5. The lowest BCUT2D eigenvalue weighted by Crippen LogP contribution is -2.08. The lowest BCUT2D eigenvalue weighted by Gasteiger charge is -2.10. The average Bonchev–Trinajstić information content (AvgIpc) is 2.65. The lowest BCUT2D eigenvalue weighted by molar-refractivity contribution is 0.187. The van der Waals surface area contributed by atoms with Crippen molar-refractivity contribution in [2.45, 2.75) is 32.7 Å². The largest absolute Gasteiger partial charge is 0.383 e. The molecule has 0 amide bonds. The Morgan fingerprint density at radius 1 is 1.33 bits per heavy atom. The Hall–Kier alpha value is -1.06. The monoisotopic (exact) mass is 266 g/mol. The van der Waals surface area contributed by atoms with Crippen molar-refractivity contribution >= 4 is 22.6 Å². The van der Waals surface area contributed by atoms with Crippen molar-refractivity contribution in [1.29, 1.82) is 0 Å². The predicted molar refractivity (Wildman–Crippen MR) is 75.4 cm³/mol. The molecule has 2 aromatic rings. The Morgan fingerprint density at radius 3 is 2.61 bits per heavy atom. The van der Waals surface area contributed by atoms with Crippen LogP contribution in [-0.2, 0) is 11.3 Å². The second-order valence-electron chi connectivity index (χ2n) is 4.66. The summed E-state index contributed by atoms with van der Waals surface area (Å²) in [5, 5.41) is -0.102. The van der Waals surface area contributed by atoms with Gasteiger partial charge in [0.1, 0.15) is 5.82 Å².